The van der Waals surface area contributed by atoms with Crippen molar-refractivity contribution in [2.75, 3.05) is 7.05 Å². The molecule has 1 aromatic rings. The van der Waals surface area contributed by atoms with Crippen LogP contribution in [0.2, 0.25) is 0 Å². The molecular formula is C14H14N2O3. The standard InChI is InChI=1S/C14H14N2O3/c1-8-4-3-5-9-12(8)14(19)15(2)13(9)16-10(17)6-7-11(16)18/h3-5,13H,6-7H2,1-2H3. The zero-order valence-electron chi connectivity index (χ0n) is 10.8. The van der Waals surface area contributed by atoms with Gasteiger partial charge in [-0.1, -0.05) is 18.2 Å². The molecule has 5 nitrogen and oxygen atoms in total. The number of carbonyl (C=O) groups excluding carboxylic acids is 3. The van der Waals surface area contributed by atoms with Crippen molar-refractivity contribution in [1.29, 1.82) is 0 Å². The SMILES string of the molecule is Cc1cccc2c1C(=O)N(C)C2N1C(=O)CCC1=O. The van der Waals surface area contributed by atoms with Gasteiger partial charge in [0.05, 0.1) is 0 Å². The second-order valence-electron chi connectivity index (χ2n) is 4.99. The van der Waals surface area contributed by atoms with E-state index in [9.17, 15) is 14.4 Å². The van der Waals surface area contributed by atoms with Crippen molar-refractivity contribution in [3.63, 3.8) is 0 Å². The number of hydrogen-bond acceptors (Lipinski definition) is 3. The van der Waals surface area contributed by atoms with Gasteiger partial charge in [-0.25, -0.2) is 0 Å². The van der Waals surface area contributed by atoms with Crippen LogP contribution >= 0.6 is 0 Å². The van der Waals surface area contributed by atoms with Crippen LogP contribution in [0.15, 0.2) is 18.2 Å². The molecular weight excluding hydrogens is 244 g/mol. The molecule has 0 aliphatic carbocycles. The van der Waals surface area contributed by atoms with Crippen molar-refractivity contribution >= 4 is 17.7 Å². The van der Waals surface area contributed by atoms with E-state index in [0.717, 1.165) is 11.1 Å². The molecule has 0 radical (unpaired) electrons. The minimum absolute atomic E-state index is 0.134. The summed E-state index contributed by atoms with van der Waals surface area (Å²) < 4.78 is 0. The molecule has 3 amide bonds. The highest BCUT2D eigenvalue weighted by molar-refractivity contribution is 6.05. The van der Waals surface area contributed by atoms with E-state index in [2.05, 4.69) is 0 Å². The van der Waals surface area contributed by atoms with Crippen LogP contribution in [0, 0.1) is 6.92 Å². The van der Waals surface area contributed by atoms with E-state index in [-0.39, 0.29) is 30.6 Å². The van der Waals surface area contributed by atoms with E-state index in [1.165, 1.54) is 9.80 Å². The Kier molecular flexibility index (Phi) is 2.45. The summed E-state index contributed by atoms with van der Waals surface area (Å²) in [5.41, 5.74) is 2.23. The van der Waals surface area contributed by atoms with E-state index >= 15 is 0 Å². The van der Waals surface area contributed by atoms with E-state index in [4.69, 9.17) is 0 Å². The highest BCUT2D eigenvalue weighted by Gasteiger charge is 2.45. The zero-order valence-corrected chi connectivity index (χ0v) is 10.8. The Hall–Kier alpha value is -2.17. The van der Waals surface area contributed by atoms with E-state index in [1.54, 1.807) is 7.05 Å². The lowest BCUT2D eigenvalue weighted by atomic mass is 10.0. The predicted molar refractivity (Wildman–Crippen MR) is 67.1 cm³/mol. The van der Waals surface area contributed by atoms with Crippen LogP contribution in [0.4, 0.5) is 0 Å². The number of amides is 3. The summed E-state index contributed by atoms with van der Waals surface area (Å²) in [7, 11) is 1.63. The molecule has 1 aromatic carbocycles. The smallest absolute Gasteiger partial charge is 0.256 e. The van der Waals surface area contributed by atoms with Gasteiger partial charge in [-0.2, -0.15) is 0 Å². The Bertz CT molecular complexity index is 593. The first-order valence-electron chi connectivity index (χ1n) is 6.24. The van der Waals surface area contributed by atoms with Crippen molar-refractivity contribution in [2.24, 2.45) is 0 Å². The van der Waals surface area contributed by atoms with Crippen LogP contribution in [-0.2, 0) is 9.59 Å². The summed E-state index contributed by atoms with van der Waals surface area (Å²) in [5.74, 6) is -0.543. The molecule has 3 rings (SSSR count). The van der Waals surface area contributed by atoms with Gasteiger partial charge in [-0.3, -0.25) is 19.3 Å². The Morgan fingerprint density at radius 1 is 1.11 bits per heavy atom. The van der Waals surface area contributed by atoms with Gasteiger partial charge in [-0.05, 0) is 12.5 Å². The molecule has 0 aromatic heterocycles. The maximum atomic E-state index is 12.3. The lowest BCUT2D eigenvalue weighted by Crippen LogP contribution is -2.40. The fourth-order valence-corrected chi connectivity index (χ4v) is 2.87. The Morgan fingerprint density at radius 2 is 1.74 bits per heavy atom. The summed E-state index contributed by atoms with van der Waals surface area (Å²) in [6, 6.07) is 5.52. The second-order valence-corrected chi connectivity index (χ2v) is 4.99. The summed E-state index contributed by atoms with van der Waals surface area (Å²) in [6.45, 7) is 1.86. The van der Waals surface area contributed by atoms with E-state index in [1.807, 2.05) is 25.1 Å². The number of likely N-dealkylation sites (tertiary alicyclic amines) is 1. The van der Waals surface area contributed by atoms with Crippen LogP contribution in [0.5, 0.6) is 0 Å². The van der Waals surface area contributed by atoms with Crippen molar-refractivity contribution < 1.29 is 14.4 Å². The van der Waals surface area contributed by atoms with E-state index in [0.29, 0.717) is 5.56 Å². The molecule has 1 saturated heterocycles. The summed E-state index contributed by atoms with van der Waals surface area (Å²) in [6.07, 6.45) is -0.110. The molecule has 5 heteroatoms. The molecule has 2 aliphatic rings. The zero-order chi connectivity index (χ0) is 13.7. The lowest BCUT2D eigenvalue weighted by Gasteiger charge is -2.28. The van der Waals surface area contributed by atoms with Crippen molar-refractivity contribution in [3.8, 4) is 0 Å². The first-order chi connectivity index (χ1) is 9.02. The molecule has 19 heavy (non-hydrogen) atoms. The number of aryl methyl sites for hydroxylation is 1. The van der Waals surface area contributed by atoms with Gasteiger partial charge in [0.25, 0.3) is 5.91 Å². The monoisotopic (exact) mass is 258 g/mol. The van der Waals surface area contributed by atoms with Crippen molar-refractivity contribution in [3.05, 3.63) is 34.9 Å². The molecule has 0 spiro atoms. The van der Waals surface area contributed by atoms with Crippen LogP contribution in [-0.4, -0.2) is 34.6 Å². The number of carbonyl (C=O) groups is 3. The van der Waals surface area contributed by atoms with Gasteiger partial charge in [0.1, 0.15) is 6.17 Å². The number of rotatable bonds is 1. The summed E-state index contributed by atoms with van der Waals surface area (Å²) in [5, 5.41) is 0. The quantitative estimate of drug-likeness (QED) is 0.712. The molecule has 2 aliphatic heterocycles. The molecule has 0 bridgehead atoms. The number of benzene rings is 1. The van der Waals surface area contributed by atoms with Crippen molar-refractivity contribution in [1.82, 2.24) is 9.80 Å². The Labute approximate surface area is 110 Å². The topological polar surface area (TPSA) is 57.7 Å². The number of nitrogens with zero attached hydrogens (tertiary/aromatic N) is 2. The fraction of sp³-hybridized carbons (Fsp3) is 0.357. The predicted octanol–water partition coefficient (Wildman–Crippen LogP) is 1.23. The van der Waals surface area contributed by atoms with Gasteiger partial charge in [0, 0.05) is 31.0 Å². The largest absolute Gasteiger partial charge is 0.317 e. The summed E-state index contributed by atoms with van der Waals surface area (Å²) in [4.78, 5) is 38.7. The average Bonchev–Trinajstić information content (AvgIpc) is 2.81. The van der Waals surface area contributed by atoms with Crippen LogP contribution in [0.3, 0.4) is 0 Å². The molecule has 1 unspecified atom stereocenters. The minimum atomic E-state index is -0.579. The minimum Gasteiger partial charge on any atom is -0.317 e. The van der Waals surface area contributed by atoms with Gasteiger partial charge >= 0.3 is 0 Å². The third-order valence-electron chi connectivity index (χ3n) is 3.82. The van der Waals surface area contributed by atoms with Gasteiger partial charge < -0.3 is 4.90 Å². The van der Waals surface area contributed by atoms with Crippen LogP contribution in [0.1, 0.15) is 40.5 Å². The van der Waals surface area contributed by atoms with Gasteiger partial charge in [0.15, 0.2) is 0 Å². The number of imide groups is 1. The third kappa shape index (κ3) is 1.51. The van der Waals surface area contributed by atoms with Crippen LogP contribution < -0.4 is 0 Å². The molecule has 0 N–H and O–H groups in total. The van der Waals surface area contributed by atoms with E-state index < -0.39 is 6.17 Å². The van der Waals surface area contributed by atoms with Crippen LogP contribution in [0.25, 0.3) is 0 Å². The number of hydrogen-bond donors (Lipinski definition) is 0. The Morgan fingerprint density at radius 3 is 2.37 bits per heavy atom. The van der Waals surface area contributed by atoms with Crippen molar-refractivity contribution in [2.45, 2.75) is 25.9 Å². The maximum absolute atomic E-state index is 12.3. The lowest BCUT2D eigenvalue weighted by molar-refractivity contribution is -0.144. The highest BCUT2D eigenvalue weighted by atomic mass is 16.2. The number of fused-ring (bicyclic) bond motifs is 1. The first-order valence-corrected chi connectivity index (χ1v) is 6.24. The van der Waals surface area contributed by atoms with Gasteiger partial charge in [-0.15, -0.1) is 0 Å². The third-order valence-corrected chi connectivity index (χ3v) is 3.82. The second kappa shape index (κ2) is 3.91. The molecule has 98 valence electrons. The average molecular weight is 258 g/mol. The highest BCUT2D eigenvalue weighted by Crippen LogP contribution is 2.38. The molecule has 2 heterocycles. The summed E-state index contributed by atoms with van der Waals surface area (Å²) >= 11 is 0. The normalized spacial score (nSPS) is 22.4. The molecule has 1 fully saturated rings. The molecule has 1 atom stereocenters. The van der Waals surface area contributed by atoms with Gasteiger partial charge in [0.2, 0.25) is 11.8 Å². The first kappa shape index (κ1) is 11.9. The fourth-order valence-electron chi connectivity index (χ4n) is 2.87. The molecule has 0 saturated carbocycles. The maximum Gasteiger partial charge on any atom is 0.256 e. The Balaban J connectivity index is 2.14.